The highest BCUT2D eigenvalue weighted by atomic mass is 14.4. The molecular weight excluding hydrogens is 396 g/mol. The number of aryl methyl sites for hydroxylation is 2. The smallest absolute Gasteiger partial charge is 0.0212 e. The SMILES string of the molecule is C=C(CC)C1=C(CCC(C)CCCc2c(C)cccc2C)CC(CCC)(CCC)CCC1=C. The Morgan fingerprint density at radius 2 is 1.64 bits per heavy atom. The minimum Gasteiger partial charge on any atom is -0.0952 e. The Kier molecular flexibility index (Phi) is 11.2. The highest BCUT2D eigenvalue weighted by Gasteiger charge is 2.33. The molecule has 0 bridgehead atoms. The molecule has 1 aliphatic carbocycles. The van der Waals surface area contributed by atoms with Crippen LogP contribution in [-0.4, -0.2) is 0 Å². The molecule has 0 radical (unpaired) electrons. The van der Waals surface area contributed by atoms with Crippen molar-refractivity contribution in [1.29, 1.82) is 0 Å². The minimum atomic E-state index is 0.475. The Balaban J connectivity index is 2.10. The molecule has 1 atom stereocenters. The van der Waals surface area contributed by atoms with Crippen molar-refractivity contribution < 1.29 is 0 Å². The number of rotatable bonds is 13. The van der Waals surface area contributed by atoms with Crippen molar-refractivity contribution >= 4 is 0 Å². The van der Waals surface area contributed by atoms with Gasteiger partial charge in [0.25, 0.3) is 0 Å². The van der Waals surface area contributed by atoms with E-state index in [0.717, 1.165) is 18.8 Å². The third kappa shape index (κ3) is 7.73. The van der Waals surface area contributed by atoms with E-state index in [0.29, 0.717) is 5.41 Å². The van der Waals surface area contributed by atoms with Gasteiger partial charge in [-0.05, 0) is 123 Å². The van der Waals surface area contributed by atoms with Gasteiger partial charge in [-0.1, -0.05) is 83.9 Å². The summed E-state index contributed by atoms with van der Waals surface area (Å²) in [7, 11) is 0. The Bertz CT molecular complexity index is 792. The predicted molar refractivity (Wildman–Crippen MR) is 149 cm³/mol. The first-order valence-electron chi connectivity index (χ1n) is 13.9. The maximum Gasteiger partial charge on any atom is -0.0212 e. The molecule has 0 nitrogen and oxygen atoms in total. The van der Waals surface area contributed by atoms with Gasteiger partial charge < -0.3 is 0 Å². The molecule has 0 spiro atoms. The molecule has 0 aliphatic heterocycles. The fourth-order valence-corrected chi connectivity index (χ4v) is 6.36. The molecule has 2 rings (SSSR count). The zero-order valence-electron chi connectivity index (χ0n) is 22.9. The van der Waals surface area contributed by atoms with E-state index < -0.39 is 0 Å². The van der Waals surface area contributed by atoms with Crippen LogP contribution in [-0.2, 0) is 6.42 Å². The molecule has 1 aromatic carbocycles. The van der Waals surface area contributed by atoms with Crippen molar-refractivity contribution in [3.63, 3.8) is 0 Å². The fraction of sp³-hybridized carbons (Fsp3) is 0.636. The van der Waals surface area contributed by atoms with E-state index in [1.54, 1.807) is 11.1 Å². The van der Waals surface area contributed by atoms with Crippen LogP contribution in [0.2, 0.25) is 0 Å². The largest absolute Gasteiger partial charge is 0.0952 e. The second kappa shape index (κ2) is 13.4. The Morgan fingerprint density at radius 1 is 1.00 bits per heavy atom. The highest BCUT2D eigenvalue weighted by molar-refractivity contribution is 5.48. The summed E-state index contributed by atoms with van der Waals surface area (Å²) in [5.74, 6) is 0.765. The summed E-state index contributed by atoms with van der Waals surface area (Å²) in [4.78, 5) is 0. The van der Waals surface area contributed by atoms with Gasteiger partial charge in [0.15, 0.2) is 0 Å². The third-order valence-corrected chi connectivity index (χ3v) is 8.30. The van der Waals surface area contributed by atoms with Crippen LogP contribution < -0.4 is 0 Å². The summed E-state index contributed by atoms with van der Waals surface area (Å²) in [6, 6.07) is 6.71. The molecule has 0 heterocycles. The van der Waals surface area contributed by atoms with E-state index >= 15 is 0 Å². The van der Waals surface area contributed by atoms with Gasteiger partial charge in [-0.2, -0.15) is 0 Å². The summed E-state index contributed by atoms with van der Waals surface area (Å²) < 4.78 is 0. The summed E-state index contributed by atoms with van der Waals surface area (Å²) in [6.07, 6.45) is 16.4. The first kappa shape index (κ1) is 27.7. The monoisotopic (exact) mass is 448 g/mol. The Hall–Kier alpha value is -1.56. The van der Waals surface area contributed by atoms with Crippen LogP contribution in [0.4, 0.5) is 0 Å². The molecular formula is C33H52. The van der Waals surface area contributed by atoms with Crippen molar-refractivity contribution in [2.45, 2.75) is 125 Å². The standard InChI is InChI=1S/C33H52/c1-9-21-33(22-10-2)23-20-29(8)32(26(5)11-3)30(24-33)19-18-25(4)14-12-17-31-27(6)15-13-16-28(31)7/h13,15-16,25H,5,8-12,14,17-24H2,1-4,6-7H3. The lowest BCUT2D eigenvalue weighted by Crippen LogP contribution is -2.21. The third-order valence-electron chi connectivity index (χ3n) is 8.30. The van der Waals surface area contributed by atoms with Gasteiger partial charge >= 0.3 is 0 Å². The van der Waals surface area contributed by atoms with Crippen LogP contribution in [0.15, 0.2) is 53.6 Å². The maximum atomic E-state index is 4.57. The van der Waals surface area contributed by atoms with Crippen molar-refractivity contribution in [3.05, 3.63) is 70.3 Å². The number of allylic oxidation sites excluding steroid dienone is 4. The average molecular weight is 449 g/mol. The molecule has 1 aliphatic rings. The second-order valence-corrected chi connectivity index (χ2v) is 11.1. The molecule has 0 saturated heterocycles. The fourth-order valence-electron chi connectivity index (χ4n) is 6.36. The van der Waals surface area contributed by atoms with Gasteiger partial charge in [0.2, 0.25) is 0 Å². The molecule has 0 fully saturated rings. The van der Waals surface area contributed by atoms with Crippen LogP contribution in [0.3, 0.4) is 0 Å². The van der Waals surface area contributed by atoms with Crippen LogP contribution in [0.1, 0.15) is 121 Å². The van der Waals surface area contributed by atoms with E-state index in [1.807, 2.05) is 0 Å². The summed E-state index contributed by atoms with van der Waals surface area (Å²) in [6.45, 7) is 23.0. The topological polar surface area (TPSA) is 0 Å². The lowest BCUT2D eigenvalue weighted by Gasteiger charge is -2.34. The number of benzene rings is 1. The van der Waals surface area contributed by atoms with Gasteiger partial charge in [-0.3, -0.25) is 0 Å². The van der Waals surface area contributed by atoms with E-state index in [4.69, 9.17) is 0 Å². The van der Waals surface area contributed by atoms with E-state index in [2.05, 4.69) is 72.9 Å². The molecule has 0 heteroatoms. The minimum absolute atomic E-state index is 0.475. The average Bonchev–Trinajstić information content (AvgIpc) is 2.91. The molecule has 184 valence electrons. The lowest BCUT2D eigenvalue weighted by molar-refractivity contribution is 0.212. The van der Waals surface area contributed by atoms with Crippen LogP contribution in [0.25, 0.3) is 0 Å². The predicted octanol–water partition coefficient (Wildman–Crippen LogP) is 10.6. The zero-order chi connectivity index (χ0) is 24.4. The van der Waals surface area contributed by atoms with E-state index in [1.165, 1.54) is 98.5 Å². The molecule has 0 amide bonds. The van der Waals surface area contributed by atoms with Gasteiger partial charge in [-0.15, -0.1) is 0 Å². The van der Waals surface area contributed by atoms with Crippen molar-refractivity contribution in [2.24, 2.45) is 11.3 Å². The van der Waals surface area contributed by atoms with Crippen molar-refractivity contribution in [1.82, 2.24) is 0 Å². The Labute approximate surface area is 206 Å². The molecule has 0 saturated carbocycles. The van der Waals surface area contributed by atoms with E-state index in [9.17, 15) is 0 Å². The zero-order valence-corrected chi connectivity index (χ0v) is 22.9. The summed E-state index contributed by atoms with van der Waals surface area (Å²) in [5, 5.41) is 0. The van der Waals surface area contributed by atoms with Gasteiger partial charge in [-0.25, -0.2) is 0 Å². The van der Waals surface area contributed by atoms with Crippen LogP contribution in [0, 0.1) is 25.2 Å². The van der Waals surface area contributed by atoms with Crippen LogP contribution in [0.5, 0.6) is 0 Å². The van der Waals surface area contributed by atoms with Crippen molar-refractivity contribution in [3.8, 4) is 0 Å². The normalized spacial score (nSPS) is 17.2. The summed E-state index contributed by atoms with van der Waals surface area (Å²) in [5.41, 5.74) is 10.8. The van der Waals surface area contributed by atoms with Gasteiger partial charge in [0.05, 0.1) is 0 Å². The maximum absolute atomic E-state index is 4.57. The van der Waals surface area contributed by atoms with Gasteiger partial charge in [0, 0.05) is 0 Å². The number of hydrogen-bond acceptors (Lipinski definition) is 0. The second-order valence-electron chi connectivity index (χ2n) is 11.1. The summed E-state index contributed by atoms with van der Waals surface area (Å²) >= 11 is 0. The van der Waals surface area contributed by atoms with Crippen LogP contribution >= 0.6 is 0 Å². The molecule has 1 aromatic rings. The Morgan fingerprint density at radius 3 is 2.21 bits per heavy atom. The molecule has 0 N–H and O–H groups in total. The van der Waals surface area contributed by atoms with Gasteiger partial charge in [0.1, 0.15) is 0 Å². The molecule has 1 unspecified atom stereocenters. The number of hydrogen-bond donors (Lipinski definition) is 0. The quantitative estimate of drug-likeness (QED) is 0.281. The first-order chi connectivity index (χ1) is 15.8. The first-order valence-corrected chi connectivity index (χ1v) is 13.9. The van der Waals surface area contributed by atoms with E-state index in [-0.39, 0.29) is 0 Å². The van der Waals surface area contributed by atoms with Crippen molar-refractivity contribution in [2.75, 3.05) is 0 Å². The molecule has 0 aromatic heterocycles. The lowest BCUT2D eigenvalue weighted by atomic mass is 9.71. The molecule has 33 heavy (non-hydrogen) atoms. The highest BCUT2D eigenvalue weighted by Crippen LogP contribution is 2.48.